The van der Waals surface area contributed by atoms with Crippen LogP contribution in [0, 0.1) is 5.92 Å². The summed E-state index contributed by atoms with van der Waals surface area (Å²) in [4.78, 5) is 25.3. The van der Waals surface area contributed by atoms with Crippen LogP contribution in [-0.4, -0.2) is 30.9 Å². The molecule has 1 aromatic carbocycles. The largest absolute Gasteiger partial charge is 0.416 e. The minimum absolute atomic E-state index is 0.206. The van der Waals surface area contributed by atoms with Crippen molar-refractivity contribution in [1.29, 1.82) is 0 Å². The first kappa shape index (κ1) is 16.9. The fraction of sp³-hybridized carbons (Fsp3) is 0.333. The van der Waals surface area contributed by atoms with E-state index in [0.717, 1.165) is 12.1 Å². The van der Waals surface area contributed by atoms with Crippen LogP contribution in [0.2, 0.25) is 0 Å². The molecule has 5 nitrogen and oxygen atoms in total. The lowest BCUT2D eigenvalue weighted by Gasteiger charge is -2.35. The van der Waals surface area contributed by atoms with Crippen LogP contribution >= 0.6 is 0 Å². The van der Waals surface area contributed by atoms with E-state index in [1.165, 1.54) is 17.0 Å². The van der Waals surface area contributed by atoms with Crippen molar-refractivity contribution in [1.82, 2.24) is 15.5 Å². The van der Waals surface area contributed by atoms with Gasteiger partial charge in [-0.3, -0.25) is 4.79 Å². The van der Waals surface area contributed by atoms with E-state index >= 15 is 0 Å². The Morgan fingerprint density at radius 3 is 2.26 bits per heavy atom. The van der Waals surface area contributed by atoms with Gasteiger partial charge in [0.05, 0.1) is 11.6 Å². The van der Waals surface area contributed by atoms with Gasteiger partial charge in [0.1, 0.15) is 5.92 Å². The van der Waals surface area contributed by atoms with Crippen molar-refractivity contribution >= 4 is 11.9 Å². The van der Waals surface area contributed by atoms with E-state index in [1.54, 1.807) is 14.1 Å². The highest BCUT2D eigenvalue weighted by molar-refractivity contribution is 5.87. The highest BCUT2D eigenvalue weighted by Crippen LogP contribution is 2.33. The number of amides is 3. The monoisotopic (exact) mass is 327 g/mol. The van der Waals surface area contributed by atoms with E-state index in [1.807, 2.05) is 0 Å². The molecule has 1 aliphatic rings. The van der Waals surface area contributed by atoms with Crippen molar-refractivity contribution in [2.45, 2.75) is 12.2 Å². The Bertz CT molecular complexity index is 638. The summed E-state index contributed by atoms with van der Waals surface area (Å²) in [5, 5.41) is 5.00. The van der Waals surface area contributed by atoms with Crippen LogP contribution in [0.4, 0.5) is 18.0 Å². The van der Waals surface area contributed by atoms with Gasteiger partial charge in [0.15, 0.2) is 0 Å². The van der Waals surface area contributed by atoms with Crippen molar-refractivity contribution in [3.05, 3.63) is 47.7 Å². The molecule has 1 aromatic rings. The van der Waals surface area contributed by atoms with Gasteiger partial charge < -0.3 is 15.5 Å². The van der Waals surface area contributed by atoms with E-state index < -0.39 is 29.7 Å². The topological polar surface area (TPSA) is 61.4 Å². The molecule has 8 heteroatoms. The standard InChI is InChI=1S/C15H16F3N3O2/c1-8-11(13(22)21(2)3)12(20-14(23)19-8)9-4-6-10(7-5-9)15(16,17)18/h4-7,11-12H,1H2,2-3H3,(H2,19,20,23)/t11-,12+/m1/s1. The zero-order chi connectivity index (χ0) is 17.4. The molecule has 124 valence electrons. The van der Waals surface area contributed by atoms with E-state index in [2.05, 4.69) is 17.2 Å². The minimum Gasteiger partial charge on any atom is -0.348 e. The number of rotatable bonds is 2. The number of benzene rings is 1. The second-order valence-corrected chi connectivity index (χ2v) is 5.43. The molecule has 23 heavy (non-hydrogen) atoms. The molecule has 0 spiro atoms. The molecule has 1 heterocycles. The van der Waals surface area contributed by atoms with Gasteiger partial charge in [-0.1, -0.05) is 18.7 Å². The molecule has 1 saturated heterocycles. The number of hydrogen-bond donors (Lipinski definition) is 2. The molecule has 0 radical (unpaired) electrons. The molecule has 1 fully saturated rings. The van der Waals surface area contributed by atoms with Gasteiger partial charge in [0.25, 0.3) is 0 Å². The molecule has 0 bridgehead atoms. The van der Waals surface area contributed by atoms with Crippen LogP contribution in [-0.2, 0) is 11.0 Å². The third-order valence-electron chi connectivity index (χ3n) is 3.57. The van der Waals surface area contributed by atoms with Crippen molar-refractivity contribution in [3.63, 3.8) is 0 Å². The highest BCUT2D eigenvalue weighted by atomic mass is 19.4. The van der Waals surface area contributed by atoms with Crippen molar-refractivity contribution in [2.24, 2.45) is 5.92 Å². The van der Waals surface area contributed by atoms with Crippen molar-refractivity contribution < 1.29 is 22.8 Å². The van der Waals surface area contributed by atoms with Crippen molar-refractivity contribution in [2.75, 3.05) is 14.1 Å². The fourth-order valence-electron chi connectivity index (χ4n) is 2.41. The van der Waals surface area contributed by atoms with Gasteiger partial charge in [-0.15, -0.1) is 0 Å². The maximum Gasteiger partial charge on any atom is 0.416 e. The third-order valence-corrected chi connectivity index (χ3v) is 3.57. The molecule has 3 amide bonds. The van der Waals surface area contributed by atoms with Crippen molar-refractivity contribution in [3.8, 4) is 0 Å². The number of nitrogens with zero attached hydrogens (tertiary/aromatic N) is 1. The van der Waals surface area contributed by atoms with Gasteiger partial charge in [-0.2, -0.15) is 13.2 Å². The van der Waals surface area contributed by atoms with Gasteiger partial charge in [-0.05, 0) is 17.7 Å². The summed E-state index contributed by atoms with van der Waals surface area (Å²) in [6.45, 7) is 3.68. The Morgan fingerprint density at radius 2 is 1.78 bits per heavy atom. The number of carbonyl (C=O) groups is 2. The van der Waals surface area contributed by atoms with Gasteiger partial charge in [0.2, 0.25) is 5.91 Å². The Balaban J connectivity index is 2.38. The smallest absolute Gasteiger partial charge is 0.348 e. The summed E-state index contributed by atoms with van der Waals surface area (Å²) >= 11 is 0. The summed E-state index contributed by atoms with van der Waals surface area (Å²) in [6, 6.07) is 3.01. The van der Waals surface area contributed by atoms with Crippen LogP contribution in [0.5, 0.6) is 0 Å². The third kappa shape index (κ3) is 3.46. The molecular formula is C15H16F3N3O2. The van der Waals surface area contributed by atoms with Gasteiger partial charge >= 0.3 is 12.2 Å². The Labute approximate surface area is 131 Å². The highest BCUT2D eigenvalue weighted by Gasteiger charge is 2.39. The first-order valence-corrected chi connectivity index (χ1v) is 6.76. The van der Waals surface area contributed by atoms with Gasteiger partial charge in [-0.25, -0.2) is 4.79 Å². The Kier molecular flexibility index (Phi) is 4.35. The number of halogens is 3. The summed E-state index contributed by atoms with van der Waals surface area (Å²) in [7, 11) is 3.10. The second kappa shape index (κ2) is 5.94. The molecule has 2 atom stereocenters. The Morgan fingerprint density at radius 1 is 1.22 bits per heavy atom. The summed E-state index contributed by atoms with van der Waals surface area (Å²) < 4.78 is 37.9. The SMILES string of the molecule is C=C1NC(=O)N[C@@H](c2ccc(C(F)(F)F)cc2)[C@@H]1C(=O)N(C)C. The zero-order valence-electron chi connectivity index (χ0n) is 12.6. The first-order valence-electron chi connectivity index (χ1n) is 6.76. The van der Waals surface area contributed by atoms with E-state index in [4.69, 9.17) is 0 Å². The number of nitrogens with one attached hydrogen (secondary N) is 2. The summed E-state index contributed by atoms with van der Waals surface area (Å²) in [6.07, 6.45) is -4.45. The molecule has 1 aliphatic heterocycles. The summed E-state index contributed by atoms with van der Waals surface area (Å²) in [5.74, 6) is -1.12. The lowest BCUT2D eigenvalue weighted by molar-refractivity contribution is -0.137. The molecule has 0 saturated carbocycles. The molecule has 0 aliphatic carbocycles. The summed E-state index contributed by atoms with van der Waals surface area (Å²) in [5.41, 5.74) is -0.192. The predicted octanol–water partition coefficient (Wildman–Crippen LogP) is 2.28. The number of urea groups is 1. The average molecular weight is 327 g/mol. The molecule has 0 aromatic heterocycles. The quantitative estimate of drug-likeness (QED) is 0.875. The van der Waals surface area contributed by atoms with Crippen LogP contribution in [0.1, 0.15) is 17.2 Å². The number of carbonyl (C=O) groups excluding carboxylic acids is 2. The number of hydrogen-bond acceptors (Lipinski definition) is 2. The molecule has 2 N–H and O–H groups in total. The van der Waals surface area contributed by atoms with Crippen LogP contribution in [0.3, 0.4) is 0 Å². The average Bonchev–Trinajstić information content (AvgIpc) is 2.45. The molecule has 0 unspecified atom stereocenters. The second-order valence-electron chi connectivity index (χ2n) is 5.43. The Hall–Kier alpha value is -2.51. The zero-order valence-corrected chi connectivity index (χ0v) is 12.6. The van der Waals surface area contributed by atoms with E-state index in [9.17, 15) is 22.8 Å². The molecule has 2 rings (SSSR count). The normalized spacial score (nSPS) is 21.4. The van der Waals surface area contributed by atoms with Gasteiger partial charge in [0, 0.05) is 19.8 Å². The van der Waals surface area contributed by atoms with Crippen LogP contribution in [0.25, 0.3) is 0 Å². The van der Waals surface area contributed by atoms with E-state index in [-0.39, 0.29) is 11.6 Å². The molecular weight excluding hydrogens is 311 g/mol. The maximum atomic E-state index is 12.6. The van der Waals surface area contributed by atoms with Crippen LogP contribution < -0.4 is 10.6 Å². The van der Waals surface area contributed by atoms with E-state index in [0.29, 0.717) is 5.56 Å². The lowest BCUT2D eigenvalue weighted by Crippen LogP contribution is -2.52. The lowest BCUT2D eigenvalue weighted by atomic mass is 9.87. The maximum absolute atomic E-state index is 12.6. The minimum atomic E-state index is -4.45. The fourth-order valence-corrected chi connectivity index (χ4v) is 2.41. The van der Waals surface area contributed by atoms with Crippen LogP contribution in [0.15, 0.2) is 36.5 Å². The predicted molar refractivity (Wildman–Crippen MR) is 77.2 cm³/mol. The number of alkyl halides is 3. The first-order chi connectivity index (χ1) is 10.6.